The highest BCUT2D eigenvalue weighted by atomic mass is 35.5. The lowest BCUT2D eigenvalue weighted by molar-refractivity contribution is -0.132. The molecule has 1 aromatic heterocycles. The van der Waals surface area contributed by atoms with Crippen LogP contribution in [0.5, 0.6) is 11.5 Å². The van der Waals surface area contributed by atoms with Gasteiger partial charge in [0.1, 0.15) is 23.3 Å². The minimum atomic E-state index is -0.925. The molecule has 1 aliphatic heterocycles. The van der Waals surface area contributed by atoms with E-state index in [-0.39, 0.29) is 21.9 Å². The quantitative estimate of drug-likeness (QED) is 0.352. The number of hydrogen-bond acceptors (Lipinski definition) is 6. The van der Waals surface area contributed by atoms with Gasteiger partial charge in [-0.1, -0.05) is 17.7 Å². The number of aliphatic hydroxyl groups is 1. The summed E-state index contributed by atoms with van der Waals surface area (Å²) in [5, 5.41) is 11.4. The van der Waals surface area contributed by atoms with Crippen molar-refractivity contribution in [1.82, 2.24) is 4.98 Å². The van der Waals surface area contributed by atoms with Gasteiger partial charge in [-0.3, -0.25) is 19.5 Å². The van der Waals surface area contributed by atoms with Crippen LogP contribution in [-0.4, -0.2) is 36.0 Å². The molecule has 0 saturated carbocycles. The van der Waals surface area contributed by atoms with Gasteiger partial charge in [-0.15, -0.1) is 0 Å². The van der Waals surface area contributed by atoms with Crippen molar-refractivity contribution in [2.75, 3.05) is 19.1 Å². The van der Waals surface area contributed by atoms with E-state index in [1.807, 2.05) is 0 Å². The zero-order chi connectivity index (χ0) is 22.8. The van der Waals surface area contributed by atoms with Gasteiger partial charge in [-0.2, -0.15) is 0 Å². The molecule has 1 unspecified atom stereocenters. The molecular formula is C24H19ClN2O5. The van der Waals surface area contributed by atoms with Crippen LogP contribution in [0.3, 0.4) is 0 Å². The summed E-state index contributed by atoms with van der Waals surface area (Å²) in [6, 6.07) is 15.6. The van der Waals surface area contributed by atoms with Crippen molar-refractivity contribution in [3.8, 4) is 11.5 Å². The summed E-state index contributed by atoms with van der Waals surface area (Å²) in [5.74, 6) is -0.914. The van der Waals surface area contributed by atoms with E-state index in [1.165, 1.54) is 25.2 Å². The number of ketones is 1. The number of benzene rings is 2. The van der Waals surface area contributed by atoms with E-state index in [0.717, 1.165) is 0 Å². The summed E-state index contributed by atoms with van der Waals surface area (Å²) in [7, 11) is 3.01. The first kappa shape index (κ1) is 21.4. The predicted octanol–water partition coefficient (Wildman–Crippen LogP) is 4.38. The van der Waals surface area contributed by atoms with Crippen LogP contribution in [0, 0.1) is 0 Å². The fourth-order valence-electron chi connectivity index (χ4n) is 3.63. The summed E-state index contributed by atoms with van der Waals surface area (Å²) < 4.78 is 10.3. The molecule has 0 spiro atoms. The molecule has 4 rings (SSSR count). The number of nitrogens with zero attached hydrogens (tertiary/aromatic N) is 2. The first-order valence-corrected chi connectivity index (χ1v) is 10.0. The average molecular weight is 451 g/mol. The van der Waals surface area contributed by atoms with Crippen molar-refractivity contribution >= 4 is 34.7 Å². The second kappa shape index (κ2) is 8.72. The number of rotatable bonds is 5. The highest BCUT2D eigenvalue weighted by Gasteiger charge is 2.47. The molecule has 8 heteroatoms. The van der Waals surface area contributed by atoms with Crippen LogP contribution in [-0.2, 0) is 9.59 Å². The fraction of sp³-hybridized carbons (Fsp3) is 0.125. The summed E-state index contributed by atoms with van der Waals surface area (Å²) >= 11 is 6.21. The van der Waals surface area contributed by atoms with Crippen molar-refractivity contribution in [3.63, 3.8) is 0 Å². The van der Waals surface area contributed by atoms with Gasteiger partial charge in [0.25, 0.3) is 11.7 Å². The number of methoxy groups -OCH3 is 2. The van der Waals surface area contributed by atoms with Gasteiger partial charge in [0.15, 0.2) is 0 Å². The van der Waals surface area contributed by atoms with Crippen molar-refractivity contribution < 1.29 is 24.2 Å². The lowest BCUT2D eigenvalue weighted by Crippen LogP contribution is -2.29. The Hall–Kier alpha value is -3.84. The van der Waals surface area contributed by atoms with E-state index < -0.39 is 17.7 Å². The number of carbonyl (C=O) groups is 2. The summed E-state index contributed by atoms with van der Waals surface area (Å²) in [6.45, 7) is 0. The fourth-order valence-corrected chi connectivity index (χ4v) is 3.89. The lowest BCUT2D eigenvalue weighted by Gasteiger charge is -2.24. The lowest BCUT2D eigenvalue weighted by atomic mass is 9.98. The Morgan fingerprint density at radius 2 is 1.78 bits per heavy atom. The van der Waals surface area contributed by atoms with Gasteiger partial charge in [-0.25, -0.2) is 0 Å². The van der Waals surface area contributed by atoms with Crippen molar-refractivity contribution in [2.45, 2.75) is 6.04 Å². The Kier molecular flexibility index (Phi) is 5.83. The maximum absolute atomic E-state index is 13.1. The van der Waals surface area contributed by atoms with E-state index >= 15 is 0 Å². The standard InChI is InChI=1S/C24H19ClN2O5/c1-31-16-9-7-15(8-10-16)27-21(18-5-3-4-12-26-18)20(23(29)24(27)30)22(28)14-6-11-19(32-2)17(25)13-14/h3-13,21,28H,1-2H3/b22-20-. The Labute approximate surface area is 189 Å². The highest BCUT2D eigenvalue weighted by molar-refractivity contribution is 6.51. The number of hydrogen-bond donors (Lipinski definition) is 1. The summed E-state index contributed by atoms with van der Waals surface area (Å²) in [6.07, 6.45) is 1.56. The third kappa shape index (κ3) is 3.67. The zero-order valence-corrected chi connectivity index (χ0v) is 18.0. The minimum Gasteiger partial charge on any atom is -0.507 e. The Morgan fingerprint density at radius 3 is 2.38 bits per heavy atom. The van der Waals surface area contributed by atoms with Crippen LogP contribution in [0.25, 0.3) is 5.76 Å². The highest BCUT2D eigenvalue weighted by Crippen LogP contribution is 2.42. The Morgan fingerprint density at radius 1 is 1.03 bits per heavy atom. The van der Waals surface area contributed by atoms with Gasteiger partial charge >= 0.3 is 0 Å². The van der Waals surface area contributed by atoms with Gasteiger partial charge < -0.3 is 14.6 Å². The number of ether oxygens (including phenoxy) is 2. The molecular weight excluding hydrogens is 432 g/mol. The maximum Gasteiger partial charge on any atom is 0.300 e. The van der Waals surface area contributed by atoms with Crippen LogP contribution in [0.15, 0.2) is 72.4 Å². The number of halogens is 1. The first-order chi connectivity index (χ1) is 15.5. The molecule has 1 fully saturated rings. The van der Waals surface area contributed by atoms with Crippen molar-refractivity contribution in [1.29, 1.82) is 0 Å². The molecule has 1 aliphatic rings. The summed E-state index contributed by atoms with van der Waals surface area (Å²) in [4.78, 5) is 31.9. The molecule has 1 N–H and O–H groups in total. The number of Topliss-reactive ketones (excluding diaryl/α,β-unsaturated/α-hetero) is 1. The Bertz CT molecular complexity index is 1210. The van der Waals surface area contributed by atoms with Crippen LogP contribution >= 0.6 is 11.6 Å². The molecule has 2 heterocycles. The molecule has 3 aromatic rings. The topological polar surface area (TPSA) is 89.0 Å². The number of pyridine rings is 1. The minimum absolute atomic E-state index is 0.0780. The monoisotopic (exact) mass is 450 g/mol. The molecule has 1 saturated heterocycles. The SMILES string of the molecule is COc1ccc(N2C(=O)C(=O)/C(=C(\O)c3ccc(OC)c(Cl)c3)C2c2ccccn2)cc1. The third-order valence-corrected chi connectivity index (χ3v) is 5.48. The van der Waals surface area contributed by atoms with E-state index in [2.05, 4.69) is 4.98 Å². The van der Waals surface area contributed by atoms with Crippen molar-refractivity contribution in [3.05, 3.63) is 88.7 Å². The Balaban J connectivity index is 1.90. The van der Waals surface area contributed by atoms with Crippen molar-refractivity contribution in [2.24, 2.45) is 0 Å². The van der Waals surface area contributed by atoms with Crippen LogP contribution < -0.4 is 14.4 Å². The van der Waals surface area contributed by atoms with E-state index in [9.17, 15) is 14.7 Å². The third-order valence-electron chi connectivity index (χ3n) is 5.19. The van der Waals surface area contributed by atoms with Gasteiger partial charge in [0, 0.05) is 17.4 Å². The molecule has 32 heavy (non-hydrogen) atoms. The molecule has 0 aliphatic carbocycles. The predicted molar refractivity (Wildman–Crippen MR) is 120 cm³/mol. The molecule has 0 bridgehead atoms. The normalized spacial score (nSPS) is 17.5. The maximum atomic E-state index is 13.1. The number of aliphatic hydroxyl groups excluding tert-OH is 1. The molecule has 2 aromatic carbocycles. The molecule has 7 nitrogen and oxygen atoms in total. The first-order valence-electron chi connectivity index (χ1n) is 9.66. The molecule has 0 radical (unpaired) electrons. The zero-order valence-electron chi connectivity index (χ0n) is 17.3. The molecule has 162 valence electrons. The molecule has 1 atom stereocenters. The van der Waals surface area contributed by atoms with Gasteiger partial charge in [-0.05, 0) is 54.6 Å². The second-order valence-corrected chi connectivity index (χ2v) is 7.38. The van der Waals surface area contributed by atoms with Gasteiger partial charge in [0.2, 0.25) is 0 Å². The number of carbonyl (C=O) groups excluding carboxylic acids is 2. The van der Waals surface area contributed by atoms with Crippen LogP contribution in [0.4, 0.5) is 5.69 Å². The number of anilines is 1. The van der Waals surface area contributed by atoms with E-state index in [0.29, 0.717) is 22.9 Å². The van der Waals surface area contributed by atoms with Crippen LogP contribution in [0.2, 0.25) is 5.02 Å². The van der Waals surface area contributed by atoms with E-state index in [1.54, 1.807) is 60.8 Å². The smallest absolute Gasteiger partial charge is 0.300 e. The van der Waals surface area contributed by atoms with Crippen LogP contribution in [0.1, 0.15) is 17.3 Å². The van der Waals surface area contributed by atoms with Gasteiger partial charge in [0.05, 0.1) is 30.5 Å². The second-order valence-electron chi connectivity index (χ2n) is 6.97. The summed E-state index contributed by atoms with van der Waals surface area (Å²) in [5.41, 5.74) is 1.11. The molecule has 1 amide bonds. The average Bonchev–Trinajstić information content (AvgIpc) is 3.09. The van der Waals surface area contributed by atoms with E-state index in [4.69, 9.17) is 21.1 Å². The number of aromatic nitrogens is 1. The largest absolute Gasteiger partial charge is 0.507 e. The number of amides is 1.